The van der Waals surface area contributed by atoms with E-state index in [2.05, 4.69) is 20.7 Å². The lowest BCUT2D eigenvalue weighted by atomic mass is 9.81. The molecule has 21 heavy (non-hydrogen) atoms. The third-order valence-corrected chi connectivity index (χ3v) is 3.90. The van der Waals surface area contributed by atoms with E-state index < -0.39 is 0 Å². The van der Waals surface area contributed by atoms with E-state index >= 15 is 0 Å². The Morgan fingerprint density at radius 2 is 2.00 bits per heavy atom. The van der Waals surface area contributed by atoms with Crippen LogP contribution >= 0.6 is 11.6 Å². The summed E-state index contributed by atoms with van der Waals surface area (Å²) in [6, 6.07) is 8.67. The molecule has 0 saturated heterocycles. The van der Waals surface area contributed by atoms with Crippen molar-refractivity contribution in [2.75, 3.05) is 5.43 Å². The Labute approximate surface area is 127 Å². The van der Waals surface area contributed by atoms with Gasteiger partial charge in [0.05, 0.1) is 6.21 Å². The first-order chi connectivity index (χ1) is 10.2. The summed E-state index contributed by atoms with van der Waals surface area (Å²) in [6.45, 7) is 0. The SMILES string of the molecule is Oc1ccc(C=NNc2cc(C3CCC3)c(Cl)nn2)cc1. The van der Waals surface area contributed by atoms with Crippen LogP contribution in [0.2, 0.25) is 5.15 Å². The molecule has 1 fully saturated rings. The maximum Gasteiger partial charge on any atom is 0.169 e. The highest BCUT2D eigenvalue weighted by molar-refractivity contribution is 6.30. The number of nitrogens with zero attached hydrogens (tertiary/aromatic N) is 3. The first-order valence-electron chi connectivity index (χ1n) is 6.83. The van der Waals surface area contributed by atoms with E-state index in [0.29, 0.717) is 16.9 Å². The normalized spacial score (nSPS) is 15.1. The zero-order valence-corrected chi connectivity index (χ0v) is 12.1. The molecule has 1 aromatic heterocycles. The van der Waals surface area contributed by atoms with Crippen molar-refractivity contribution in [2.45, 2.75) is 25.2 Å². The average Bonchev–Trinajstić information content (AvgIpc) is 2.43. The van der Waals surface area contributed by atoms with Crippen LogP contribution in [0.5, 0.6) is 5.75 Å². The van der Waals surface area contributed by atoms with Gasteiger partial charge in [0.2, 0.25) is 0 Å². The van der Waals surface area contributed by atoms with Gasteiger partial charge in [-0.25, -0.2) is 0 Å². The second kappa shape index (κ2) is 6.10. The van der Waals surface area contributed by atoms with Gasteiger partial charge in [0.1, 0.15) is 5.75 Å². The number of phenolic OH excluding ortho intramolecular Hbond substituents is 1. The number of rotatable bonds is 4. The molecule has 1 aliphatic rings. The van der Waals surface area contributed by atoms with Crippen LogP contribution in [-0.4, -0.2) is 21.5 Å². The minimum Gasteiger partial charge on any atom is -0.508 e. The van der Waals surface area contributed by atoms with E-state index in [1.807, 2.05) is 6.07 Å². The summed E-state index contributed by atoms with van der Waals surface area (Å²) < 4.78 is 0. The van der Waals surface area contributed by atoms with E-state index in [9.17, 15) is 5.11 Å². The fourth-order valence-electron chi connectivity index (χ4n) is 2.18. The van der Waals surface area contributed by atoms with Crippen molar-refractivity contribution in [3.63, 3.8) is 0 Å². The number of halogens is 1. The molecule has 5 nitrogen and oxygen atoms in total. The lowest BCUT2D eigenvalue weighted by Crippen LogP contribution is -2.11. The Bertz CT molecular complexity index is 653. The quantitative estimate of drug-likeness (QED) is 0.669. The van der Waals surface area contributed by atoms with Crippen LogP contribution < -0.4 is 5.43 Å². The highest BCUT2D eigenvalue weighted by Crippen LogP contribution is 2.39. The largest absolute Gasteiger partial charge is 0.508 e. The van der Waals surface area contributed by atoms with Crippen molar-refractivity contribution < 1.29 is 5.11 Å². The van der Waals surface area contributed by atoms with E-state index in [-0.39, 0.29) is 5.75 Å². The fourth-order valence-corrected chi connectivity index (χ4v) is 2.43. The van der Waals surface area contributed by atoms with Crippen molar-refractivity contribution in [1.29, 1.82) is 0 Å². The van der Waals surface area contributed by atoms with Gasteiger partial charge >= 0.3 is 0 Å². The molecule has 1 saturated carbocycles. The average molecular weight is 303 g/mol. The first-order valence-corrected chi connectivity index (χ1v) is 7.21. The predicted octanol–water partition coefficient (Wildman–Crippen LogP) is 3.55. The maximum absolute atomic E-state index is 9.21. The Balaban J connectivity index is 1.68. The minimum absolute atomic E-state index is 0.230. The molecular formula is C15H15ClN4O. The number of hydrogen-bond donors (Lipinski definition) is 2. The Hall–Kier alpha value is -2.14. The van der Waals surface area contributed by atoms with Crippen LogP contribution in [0.15, 0.2) is 35.4 Å². The topological polar surface area (TPSA) is 70.4 Å². The summed E-state index contributed by atoms with van der Waals surface area (Å²) in [5.74, 6) is 1.31. The summed E-state index contributed by atoms with van der Waals surface area (Å²) in [4.78, 5) is 0. The van der Waals surface area contributed by atoms with Gasteiger partial charge in [-0.15, -0.1) is 10.2 Å². The van der Waals surface area contributed by atoms with Crippen LogP contribution in [-0.2, 0) is 0 Å². The van der Waals surface area contributed by atoms with Crippen molar-refractivity contribution >= 4 is 23.6 Å². The molecule has 1 aliphatic carbocycles. The van der Waals surface area contributed by atoms with Crippen molar-refractivity contribution in [3.8, 4) is 5.75 Å². The Morgan fingerprint density at radius 1 is 1.24 bits per heavy atom. The highest BCUT2D eigenvalue weighted by atomic mass is 35.5. The molecule has 1 aromatic carbocycles. The van der Waals surface area contributed by atoms with Crippen molar-refractivity contribution in [2.24, 2.45) is 5.10 Å². The molecule has 0 amide bonds. The van der Waals surface area contributed by atoms with Crippen LogP contribution in [0.25, 0.3) is 0 Å². The molecule has 1 heterocycles. The minimum atomic E-state index is 0.230. The van der Waals surface area contributed by atoms with Crippen LogP contribution in [0.3, 0.4) is 0 Å². The maximum atomic E-state index is 9.21. The number of aromatic hydroxyl groups is 1. The number of phenols is 1. The summed E-state index contributed by atoms with van der Waals surface area (Å²) in [6.07, 6.45) is 5.20. The molecule has 3 rings (SSSR count). The zero-order valence-electron chi connectivity index (χ0n) is 11.3. The summed E-state index contributed by atoms with van der Waals surface area (Å²) >= 11 is 6.08. The van der Waals surface area contributed by atoms with E-state index in [1.165, 1.54) is 6.42 Å². The number of benzene rings is 1. The number of hydrogen-bond acceptors (Lipinski definition) is 5. The summed E-state index contributed by atoms with van der Waals surface area (Å²) in [5.41, 5.74) is 4.77. The number of aromatic nitrogens is 2. The predicted molar refractivity (Wildman–Crippen MR) is 83.0 cm³/mol. The molecule has 0 aliphatic heterocycles. The van der Waals surface area contributed by atoms with Gasteiger partial charge in [0.15, 0.2) is 11.0 Å². The van der Waals surface area contributed by atoms with Crippen LogP contribution in [0, 0.1) is 0 Å². The van der Waals surface area contributed by atoms with Gasteiger partial charge in [-0.05, 0) is 60.2 Å². The van der Waals surface area contributed by atoms with Crippen LogP contribution in [0.1, 0.15) is 36.3 Å². The number of hydrazone groups is 1. The number of nitrogens with one attached hydrogen (secondary N) is 1. The fraction of sp³-hybridized carbons (Fsp3) is 0.267. The van der Waals surface area contributed by atoms with Crippen LogP contribution in [0.4, 0.5) is 5.82 Å². The van der Waals surface area contributed by atoms with E-state index in [0.717, 1.165) is 24.0 Å². The van der Waals surface area contributed by atoms with E-state index in [4.69, 9.17) is 11.6 Å². The molecule has 2 aromatic rings. The molecule has 0 unspecified atom stereocenters. The van der Waals surface area contributed by atoms with Gasteiger partial charge in [-0.2, -0.15) is 5.10 Å². The molecule has 0 spiro atoms. The standard InChI is InChI=1S/C15H15ClN4O/c16-15-13(11-2-1-3-11)8-14(19-20-15)18-17-9-10-4-6-12(21)7-5-10/h4-9,11,21H,1-3H2,(H,18,19). The molecule has 0 atom stereocenters. The molecule has 6 heteroatoms. The summed E-state index contributed by atoms with van der Waals surface area (Å²) in [7, 11) is 0. The molecular weight excluding hydrogens is 288 g/mol. The second-order valence-electron chi connectivity index (χ2n) is 5.07. The molecule has 2 N–H and O–H groups in total. The lowest BCUT2D eigenvalue weighted by Gasteiger charge is -2.26. The van der Waals surface area contributed by atoms with Gasteiger partial charge in [0, 0.05) is 0 Å². The zero-order chi connectivity index (χ0) is 14.7. The van der Waals surface area contributed by atoms with Gasteiger partial charge in [0.25, 0.3) is 0 Å². The smallest absolute Gasteiger partial charge is 0.169 e. The van der Waals surface area contributed by atoms with Gasteiger partial charge in [-0.3, -0.25) is 5.43 Å². The first kappa shape index (κ1) is 13.8. The Morgan fingerprint density at radius 3 is 2.67 bits per heavy atom. The third kappa shape index (κ3) is 3.31. The molecule has 108 valence electrons. The monoisotopic (exact) mass is 302 g/mol. The number of anilines is 1. The second-order valence-corrected chi connectivity index (χ2v) is 5.42. The highest BCUT2D eigenvalue weighted by Gasteiger charge is 2.23. The lowest BCUT2D eigenvalue weighted by molar-refractivity contribution is 0.418. The van der Waals surface area contributed by atoms with Crippen molar-refractivity contribution in [1.82, 2.24) is 10.2 Å². The molecule has 0 bridgehead atoms. The van der Waals surface area contributed by atoms with Gasteiger partial charge < -0.3 is 5.11 Å². The Kier molecular flexibility index (Phi) is 4.01. The molecule has 0 radical (unpaired) electrons. The van der Waals surface area contributed by atoms with Crippen molar-refractivity contribution in [3.05, 3.63) is 46.6 Å². The van der Waals surface area contributed by atoms with E-state index in [1.54, 1.807) is 30.5 Å². The van der Waals surface area contributed by atoms with Gasteiger partial charge in [-0.1, -0.05) is 18.0 Å². The third-order valence-electron chi connectivity index (χ3n) is 3.61. The summed E-state index contributed by atoms with van der Waals surface area (Å²) in [5, 5.41) is 21.7.